The number of benzene rings is 3. The molecule has 1 heterocycles. The number of hydrogen-bond acceptors (Lipinski definition) is 6. The van der Waals surface area contributed by atoms with E-state index >= 15 is 0 Å². The molecule has 0 radical (unpaired) electrons. The average Bonchev–Trinajstić information content (AvgIpc) is 2.95. The van der Waals surface area contributed by atoms with Crippen molar-refractivity contribution in [2.75, 3.05) is 5.32 Å². The second-order valence-corrected chi connectivity index (χ2v) is 11.1. The van der Waals surface area contributed by atoms with Crippen molar-refractivity contribution >= 4 is 27.4 Å². The van der Waals surface area contributed by atoms with E-state index in [0.29, 0.717) is 17.2 Å². The first-order valence-electron chi connectivity index (χ1n) is 12.4. The van der Waals surface area contributed by atoms with Crippen LogP contribution < -0.4 is 10.6 Å². The van der Waals surface area contributed by atoms with Crippen molar-refractivity contribution < 1.29 is 13.2 Å². The van der Waals surface area contributed by atoms with Gasteiger partial charge in [-0.1, -0.05) is 49.6 Å². The monoisotopic (exact) mass is 512 g/mol. The first-order chi connectivity index (χ1) is 18.0. The number of nitrogens with zero attached hydrogens (tertiary/aromatic N) is 2. The molecule has 0 atom stereocenters. The molecule has 1 amide bonds. The average molecular weight is 513 g/mol. The fraction of sp³-hybridized carbons (Fsp3) is 0.207. The van der Waals surface area contributed by atoms with Gasteiger partial charge in [0.15, 0.2) is 0 Å². The van der Waals surface area contributed by atoms with Gasteiger partial charge >= 0.3 is 0 Å². The number of carbonyl (C=O) groups is 1. The van der Waals surface area contributed by atoms with Crippen molar-refractivity contribution in [3.8, 4) is 11.3 Å². The topological polar surface area (TPSA) is 101 Å². The second-order valence-electron chi connectivity index (χ2n) is 9.12. The van der Waals surface area contributed by atoms with E-state index in [0.717, 1.165) is 24.1 Å². The van der Waals surface area contributed by atoms with E-state index in [-0.39, 0.29) is 21.7 Å². The number of sulfone groups is 1. The Bertz CT molecular complexity index is 1470. The van der Waals surface area contributed by atoms with Crippen molar-refractivity contribution in [3.63, 3.8) is 0 Å². The van der Waals surface area contributed by atoms with Crippen molar-refractivity contribution in [1.82, 2.24) is 15.3 Å². The standard InChI is InChI=1S/C29H28N4O3S/c34-28(31-23-7-3-1-4-8-23)22-11-15-24(16-12-22)32-29-30-20-19-27(33-29)21-13-17-26(18-14-21)37(35,36)25-9-5-2-6-10-25/h2,5-6,9-20,23H,1,3-4,7-8H2,(H,31,34)(H,30,32,33). The summed E-state index contributed by atoms with van der Waals surface area (Å²) in [5.74, 6) is 0.354. The number of anilines is 2. The van der Waals surface area contributed by atoms with Crippen LogP contribution in [-0.4, -0.2) is 30.3 Å². The Hall–Kier alpha value is -4.04. The Morgan fingerprint density at radius 2 is 1.46 bits per heavy atom. The molecular formula is C29H28N4O3S. The van der Waals surface area contributed by atoms with E-state index in [4.69, 9.17) is 0 Å². The minimum atomic E-state index is -3.58. The quantitative estimate of drug-likeness (QED) is 0.325. The Morgan fingerprint density at radius 3 is 2.16 bits per heavy atom. The van der Waals surface area contributed by atoms with Crippen LogP contribution in [0.5, 0.6) is 0 Å². The van der Waals surface area contributed by atoms with Gasteiger partial charge < -0.3 is 10.6 Å². The maximum Gasteiger partial charge on any atom is 0.251 e. The summed E-state index contributed by atoms with van der Waals surface area (Å²) in [6.07, 6.45) is 7.33. The van der Waals surface area contributed by atoms with Gasteiger partial charge in [-0.15, -0.1) is 0 Å². The van der Waals surface area contributed by atoms with Crippen molar-refractivity contribution in [1.29, 1.82) is 0 Å². The van der Waals surface area contributed by atoms with Crippen LogP contribution in [0.3, 0.4) is 0 Å². The van der Waals surface area contributed by atoms with Crippen LogP contribution in [0.25, 0.3) is 11.3 Å². The van der Waals surface area contributed by atoms with E-state index in [1.54, 1.807) is 79.0 Å². The number of nitrogens with one attached hydrogen (secondary N) is 2. The van der Waals surface area contributed by atoms with Crippen molar-refractivity contribution in [2.45, 2.75) is 47.9 Å². The molecule has 5 rings (SSSR count). The fourth-order valence-electron chi connectivity index (χ4n) is 4.47. The SMILES string of the molecule is O=C(NC1CCCCC1)c1ccc(Nc2nccc(-c3ccc(S(=O)(=O)c4ccccc4)cc3)n2)cc1. The van der Waals surface area contributed by atoms with E-state index in [9.17, 15) is 13.2 Å². The minimum Gasteiger partial charge on any atom is -0.349 e. The first-order valence-corrected chi connectivity index (χ1v) is 13.9. The molecule has 1 fully saturated rings. The molecule has 0 saturated heterocycles. The van der Waals surface area contributed by atoms with Gasteiger partial charge in [0.25, 0.3) is 5.91 Å². The number of carbonyl (C=O) groups excluding carboxylic acids is 1. The predicted octanol–water partition coefficient (Wildman–Crippen LogP) is 5.78. The lowest BCUT2D eigenvalue weighted by Crippen LogP contribution is -2.36. The zero-order chi connectivity index (χ0) is 25.7. The molecule has 0 aliphatic heterocycles. The highest BCUT2D eigenvalue weighted by Gasteiger charge is 2.18. The molecule has 1 aliphatic rings. The summed E-state index contributed by atoms with van der Waals surface area (Å²) in [4.78, 5) is 21.9. The molecule has 0 bridgehead atoms. The van der Waals surface area contributed by atoms with Gasteiger partial charge in [-0.25, -0.2) is 18.4 Å². The Labute approximate surface area is 216 Å². The summed E-state index contributed by atoms with van der Waals surface area (Å²) in [7, 11) is -3.58. The van der Waals surface area contributed by atoms with E-state index < -0.39 is 9.84 Å². The number of aromatic nitrogens is 2. The number of rotatable bonds is 7. The molecule has 188 valence electrons. The van der Waals surface area contributed by atoms with Crippen LogP contribution in [0.15, 0.2) is 101 Å². The number of amides is 1. The first kappa shape index (κ1) is 24.6. The zero-order valence-corrected chi connectivity index (χ0v) is 21.1. The molecule has 1 aromatic heterocycles. The van der Waals surface area contributed by atoms with Crippen molar-refractivity contribution in [2.24, 2.45) is 0 Å². The predicted molar refractivity (Wildman–Crippen MR) is 143 cm³/mol. The minimum absolute atomic E-state index is 0.0468. The Morgan fingerprint density at radius 1 is 0.784 bits per heavy atom. The Kier molecular flexibility index (Phi) is 7.28. The van der Waals surface area contributed by atoms with Crippen LogP contribution >= 0.6 is 0 Å². The van der Waals surface area contributed by atoms with E-state index in [1.807, 2.05) is 12.1 Å². The molecule has 7 nitrogen and oxygen atoms in total. The highest BCUT2D eigenvalue weighted by Crippen LogP contribution is 2.25. The molecule has 8 heteroatoms. The molecular weight excluding hydrogens is 484 g/mol. The van der Waals surface area contributed by atoms with Gasteiger partial charge in [0.2, 0.25) is 15.8 Å². The summed E-state index contributed by atoms with van der Waals surface area (Å²) in [6, 6.07) is 24.3. The van der Waals surface area contributed by atoms with Gasteiger partial charge in [0, 0.05) is 29.1 Å². The highest BCUT2D eigenvalue weighted by atomic mass is 32.2. The molecule has 1 aliphatic carbocycles. The van der Waals surface area contributed by atoms with Crippen LogP contribution in [0.2, 0.25) is 0 Å². The highest BCUT2D eigenvalue weighted by molar-refractivity contribution is 7.91. The summed E-state index contributed by atoms with van der Waals surface area (Å²) >= 11 is 0. The smallest absolute Gasteiger partial charge is 0.251 e. The molecule has 4 aromatic rings. The normalized spacial score (nSPS) is 14.2. The molecule has 37 heavy (non-hydrogen) atoms. The lowest BCUT2D eigenvalue weighted by Gasteiger charge is -2.22. The number of hydrogen-bond donors (Lipinski definition) is 2. The Balaban J connectivity index is 1.26. The fourth-order valence-corrected chi connectivity index (χ4v) is 5.75. The van der Waals surface area contributed by atoms with E-state index in [1.165, 1.54) is 19.3 Å². The van der Waals surface area contributed by atoms with Crippen LogP contribution in [-0.2, 0) is 9.84 Å². The third-order valence-corrected chi connectivity index (χ3v) is 8.30. The van der Waals surface area contributed by atoms with Crippen LogP contribution in [0.1, 0.15) is 42.5 Å². The summed E-state index contributed by atoms with van der Waals surface area (Å²) in [6.45, 7) is 0. The summed E-state index contributed by atoms with van der Waals surface area (Å²) in [5, 5.41) is 6.30. The zero-order valence-electron chi connectivity index (χ0n) is 20.3. The molecule has 3 aromatic carbocycles. The largest absolute Gasteiger partial charge is 0.349 e. The molecule has 2 N–H and O–H groups in total. The molecule has 0 spiro atoms. The van der Waals surface area contributed by atoms with Gasteiger partial charge in [0.05, 0.1) is 15.5 Å². The van der Waals surface area contributed by atoms with Crippen molar-refractivity contribution in [3.05, 3.63) is 96.7 Å². The molecule has 1 saturated carbocycles. The van der Waals surface area contributed by atoms with Gasteiger partial charge in [0.1, 0.15) is 0 Å². The van der Waals surface area contributed by atoms with Gasteiger partial charge in [-0.3, -0.25) is 4.79 Å². The lowest BCUT2D eigenvalue weighted by atomic mass is 9.95. The summed E-state index contributed by atoms with van der Waals surface area (Å²) < 4.78 is 25.7. The van der Waals surface area contributed by atoms with Gasteiger partial charge in [-0.05, 0) is 67.4 Å². The molecule has 0 unspecified atom stereocenters. The van der Waals surface area contributed by atoms with Crippen LogP contribution in [0.4, 0.5) is 11.6 Å². The second kappa shape index (κ2) is 10.9. The third-order valence-electron chi connectivity index (χ3n) is 6.51. The van der Waals surface area contributed by atoms with Crippen LogP contribution in [0, 0.1) is 0 Å². The maximum absolute atomic E-state index is 12.8. The maximum atomic E-state index is 12.8. The van der Waals surface area contributed by atoms with E-state index in [2.05, 4.69) is 20.6 Å². The van der Waals surface area contributed by atoms with Gasteiger partial charge in [-0.2, -0.15) is 0 Å². The third kappa shape index (κ3) is 5.86. The summed E-state index contributed by atoms with van der Waals surface area (Å²) in [5.41, 5.74) is 2.81. The lowest BCUT2D eigenvalue weighted by molar-refractivity contribution is 0.0927.